The zero-order valence-corrected chi connectivity index (χ0v) is 15.5. The summed E-state index contributed by atoms with van der Waals surface area (Å²) in [5, 5.41) is 0. The Labute approximate surface area is 156 Å². The monoisotopic (exact) mass is 392 g/mol. The van der Waals surface area contributed by atoms with Gasteiger partial charge in [0, 0.05) is 6.07 Å². The molecule has 0 aliphatic heterocycles. The Balaban J connectivity index is 2.26. The molecule has 2 rings (SSSR count). The summed E-state index contributed by atoms with van der Waals surface area (Å²) < 4.78 is 37.9. The van der Waals surface area contributed by atoms with Gasteiger partial charge in [0.05, 0.1) is 30.5 Å². The molecule has 0 aromatic heterocycles. The van der Waals surface area contributed by atoms with Gasteiger partial charge in [-0.25, -0.2) is 13.4 Å². The Morgan fingerprint density at radius 2 is 1.67 bits per heavy atom. The molecule has 144 valence electrons. The second-order valence-corrected chi connectivity index (χ2v) is 6.85. The minimum Gasteiger partial charge on any atom is -0.497 e. The molecule has 2 aromatic carbocycles. The number of nitrogens with two attached hydrogens (primary N) is 3. The van der Waals surface area contributed by atoms with Crippen molar-refractivity contribution in [1.82, 2.24) is 0 Å². The van der Waals surface area contributed by atoms with Gasteiger partial charge in [-0.2, -0.15) is 4.99 Å². The molecule has 0 amide bonds. The van der Waals surface area contributed by atoms with E-state index in [4.69, 9.17) is 26.7 Å². The molecule has 27 heavy (non-hydrogen) atoms. The molecule has 0 saturated carbocycles. The third-order valence-corrected chi connectivity index (χ3v) is 4.67. The molecule has 0 fully saturated rings. The molecule has 0 saturated heterocycles. The molecule has 2 aromatic rings. The van der Waals surface area contributed by atoms with Gasteiger partial charge in [-0.15, -0.1) is 0 Å². The Morgan fingerprint density at radius 3 is 2.22 bits per heavy atom. The van der Waals surface area contributed by atoms with Crippen LogP contribution in [0.5, 0.6) is 11.5 Å². The van der Waals surface area contributed by atoms with Gasteiger partial charge in [0.2, 0.25) is 5.96 Å². The van der Waals surface area contributed by atoms with E-state index in [0.717, 1.165) is 0 Å². The quantitative estimate of drug-likeness (QED) is 0.415. The van der Waals surface area contributed by atoms with E-state index in [1.54, 1.807) is 18.2 Å². The van der Waals surface area contributed by atoms with E-state index < -0.39 is 10.0 Å². The van der Waals surface area contributed by atoms with E-state index in [2.05, 4.69) is 14.7 Å². The van der Waals surface area contributed by atoms with Gasteiger partial charge in [-0.05, 0) is 36.4 Å². The van der Waals surface area contributed by atoms with Gasteiger partial charge in [-0.3, -0.25) is 4.72 Å². The van der Waals surface area contributed by atoms with Crippen molar-refractivity contribution >= 4 is 33.3 Å². The highest BCUT2D eigenvalue weighted by molar-refractivity contribution is 7.92. The van der Waals surface area contributed by atoms with E-state index >= 15 is 0 Å². The number of hydrogen-bond donors (Lipinski definition) is 4. The molecule has 0 heterocycles. The highest BCUT2D eigenvalue weighted by atomic mass is 32.2. The molecular formula is C16H20N6O4S. The predicted octanol–water partition coefficient (Wildman–Crippen LogP) is 0.724. The van der Waals surface area contributed by atoms with Crippen LogP contribution in [-0.4, -0.2) is 34.6 Å². The largest absolute Gasteiger partial charge is 0.497 e. The molecule has 0 aliphatic carbocycles. The van der Waals surface area contributed by atoms with Crippen molar-refractivity contribution in [2.75, 3.05) is 18.9 Å². The minimum absolute atomic E-state index is 0.0275. The molecule has 0 atom stereocenters. The van der Waals surface area contributed by atoms with Gasteiger partial charge in [0.25, 0.3) is 10.0 Å². The average Bonchev–Trinajstić information content (AvgIpc) is 2.61. The van der Waals surface area contributed by atoms with Crippen molar-refractivity contribution in [2.24, 2.45) is 27.2 Å². The fourth-order valence-corrected chi connectivity index (χ4v) is 3.15. The normalized spacial score (nSPS) is 11.6. The highest BCUT2D eigenvalue weighted by Gasteiger charge is 2.17. The number of anilines is 1. The SMILES string of the molecule is COc1ccc(NS(=O)(=O)c2ccc(N=C(N)N=C(N)N)cc2)c(OC)c1. The summed E-state index contributed by atoms with van der Waals surface area (Å²) in [5.41, 5.74) is 16.6. The van der Waals surface area contributed by atoms with E-state index in [1.807, 2.05) is 0 Å². The van der Waals surface area contributed by atoms with Gasteiger partial charge >= 0.3 is 0 Å². The maximum Gasteiger partial charge on any atom is 0.262 e. The number of hydrogen-bond acceptors (Lipinski definition) is 5. The number of benzene rings is 2. The number of guanidine groups is 2. The molecule has 10 nitrogen and oxygen atoms in total. The van der Waals surface area contributed by atoms with Crippen LogP contribution in [0.2, 0.25) is 0 Å². The molecule has 0 radical (unpaired) electrons. The van der Waals surface area contributed by atoms with Crippen LogP contribution in [0.3, 0.4) is 0 Å². The summed E-state index contributed by atoms with van der Waals surface area (Å²) in [4.78, 5) is 7.56. The van der Waals surface area contributed by atoms with Crippen LogP contribution in [-0.2, 0) is 10.0 Å². The van der Waals surface area contributed by atoms with Crippen molar-refractivity contribution in [2.45, 2.75) is 4.90 Å². The number of rotatable bonds is 6. The third-order valence-electron chi connectivity index (χ3n) is 3.29. The second-order valence-electron chi connectivity index (χ2n) is 5.17. The first-order valence-electron chi connectivity index (χ1n) is 7.54. The Bertz CT molecular complexity index is 967. The summed E-state index contributed by atoms with van der Waals surface area (Å²) in [7, 11) is -0.914. The lowest BCUT2D eigenvalue weighted by atomic mass is 10.3. The Hall–Kier alpha value is -3.47. The molecule has 7 N–H and O–H groups in total. The van der Waals surface area contributed by atoms with Crippen LogP contribution < -0.4 is 31.4 Å². The molecule has 0 unspecified atom stereocenters. The average molecular weight is 392 g/mol. The standard InChI is InChI=1S/C16H20N6O4S/c1-25-11-5-8-13(14(9-11)26-2)22-27(23,24)12-6-3-10(4-7-12)20-16(19)21-15(17)18/h3-9,22H,1-2H3,(H6,17,18,19,20,21). The summed E-state index contributed by atoms with van der Waals surface area (Å²) in [6.07, 6.45) is 0. The first kappa shape index (κ1) is 19.8. The van der Waals surface area contributed by atoms with Crippen LogP contribution in [0.1, 0.15) is 0 Å². The van der Waals surface area contributed by atoms with E-state index in [9.17, 15) is 8.42 Å². The molecule has 11 heteroatoms. The number of methoxy groups -OCH3 is 2. The summed E-state index contributed by atoms with van der Waals surface area (Å²) in [6, 6.07) is 10.4. The molecule has 0 bridgehead atoms. The van der Waals surface area contributed by atoms with Crippen LogP contribution >= 0.6 is 0 Å². The van der Waals surface area contributed by atoms with Crippen molar-refractivity contribution in [3.8, 4) is 11.5 Å². The highest BCUT2D eigenvalue weighted by Crippen LogP contribution is 2.31. The summed E-state index contributed by atoms with van der Waals surface area (Å²) in [6.45, 7) is 0. The fraction of sp³-hybridized carbons (Fsp3) is 0.125. The van der Waals surface area contributed by atoms with E-state index in [1.165, 1.54) is 38.5 Å². The molecule has 0 spiro atoms. The van der Waals surface area contributed by atoms with Crippen LogP contribution in [0.15, 0.2) is 57.3 Å². The molecule has 0 aliphatic rings. The number of nitrogens with one attached hydrogen (secondary N) is 1. The first-order chi connectivity index (χ1) is 12.7. The lowest BCUT2D eigenvalue weighted by Gasteiger charge is -2.13. The molecular weight excluding hydrogens is 372 g/mol. The Kier molecular flexibility index (Phi) is 6.08. The van der Waals surface area contributed by atoms with Gasteiger partial charge in [-0.1, -0.05) is 0 Å². The van der Waals surface area contributed by atoms with Crippen LogP contribution in [0.4, 0.5) is 11.4 Å². The predicted molar refractivity (Wildman–Crippen MR) is 104 cm³/mol. The third kappa shape index (κ3) is 5.25. The summed E-state index contributed by atoms with van der Waals surface area (Å²) in [5.74, 6) is 0.485. The van der Waals surface area contributed by atoms with Crippen molar-refractivity contribution in [3.63, 3.8) is 0 Å². The van der Waals surface area contributed by atoms with Crippen molar-refractivity contribution in [3.05, 3.63) is 42.5 Å². The lowest BCUT2D eigenvalue weighted by Crippen LogP contribution is -2.26. The van der Waals surface area contributed by atoms with Crippen LogP contribution in [0.25, 0.3) is 0 Å². The van der Waals surface area contributed by atoms with Gasteiger partial charge in [0.15, 0.2) is 5.96 Å². The number of ether oxygens (including phenoxy) is 2. The maximum absolute atomic E-state index is 12.6. The Morgan fingerprint density at radius 1 is 1.00 bits per heavy atom. The van der Waals surface area contributed by atoms with Crippen molar-refractivity contribution in [1.29, 1.82) is 0 Å². The minimum atomic E-state index is -3.85. The topological polar surface area (TPSA) is 167 Å². The number of nitrogens with zero attached hydrogens (tertiary/aromatic N) is 2. The summed E-state index contributed by atoms with van der Waals surface area (Å²) >= 11 is 0. The van der Waals surface area contributed by atoms with Crippen LogP contribution in [0, 0.1) is 0 Å². The maximum atomic E-state index is 12.6. The number of sulfonamides is 1. The zero-order chi connectivity index (χ0) is 20.0. The number of aliphatic imine (C=N–C) groups is 2. The first-order valence-corrected chi connectivity index (χ1v) is 9.02. The fourth-order valence-electron chi connectivity index (χ4n) is 2.08. The van der Waals surface area contributed by atoms with Crippen molar-refractivity contribution < 1.29 is 17.9 Å². The zero-order valence-electron chi connectivity index (χ0n) is 14.7. The lowest BCUT2D eigenvalue weighted by molar-refractivity contribution is 0.395. The smallest absolute Gasteiger partial charge is 0.262 e. The van der Waals surface area contributed by atoms with Gasteiger partial charge < -0.3 is 26.7 Å². The second kappa shape index (κ2) is 8.27. The van der Waals surface area contributed by atoms with Gasteiger partial charge in [0.1, 0.15) is 11.5 Å². The van der Waals surface area contributed by atoms with E-state index in [-0.39, 0.29) is 22.5 Å². The van der Waals surface area contributed by atoms with E-state index in [0.29, 0.717) is 17.2 Å².